The van der Waals surface area contributed by atoms with Crippen molar-refractivity contribution in [2.45, 2.75) is 12.5 Å². The first-order chi connectivity index (χ1) is 6.22. The van der Waals surface area contributed by atoms with Gasteiger partial charge in [-0.1, -0.05) is 15.9 Å². The summed E-state index contributed by atoms with van der Waals surface area (Å²) in [4.78, 5) is 11.6. The summed E-state index contributed by atoms with van der Waals surface area (Å²) in [6, 6.07) is 5.71. The van der Waals surface area contributed by atoms with E-state index in [2.05, 4.69) is 15.9 Å². The van der Waals surface area contributed by atoms with Crippen molar-refractivity contribution < 1.29 is 9.53 Å². The minimum atomic E-state index is -0.274. The number of hydrogen-bond donors (Lipinski definition) is 0. The molecule has 0 saturated heterocycles. The molecule has 0 amide bonds. The number of hydrogen-bond acceptors (Lipinski definition) is 2. The maximum Gasteiger partial charge on any atom is 0.192 e. The van der Waals surface area contributed by atoms with Gasteiger partial charge in [0.2, 0.25) is 0 Å². The first-order valence-electron chi connectivity index (χ1n) is 4.08. The number of carbonyl (C=O) groups is 1. The number of benzene rings is 1. The zero-order valence-corrected chi connectivity index (χ0v) is 8.80. The van der Waals surface area contributed by atoms with Crippen molar-refractivity contribution in [2.75, 3.05) is 7.11 Å². The van der Waals surface area contributed by atoms with Crippen LogP contribution < -0.4 is 0 Å². The van der Waals surface area contributed by atoms with Gasteiger partial charge >= 0.3 is 0 Å². The highest BCUT2D eigenvalue weighted by atomic mass is 79.9. The zero-order chi connectivity index (χ0) is 9.42. The van der Waals surface area contributed by atoms with Gasteiger partial charge in [0.05, 0.1) is 0 Å². The Hall–Kier alpha value is -0.670. The fourth-order valence-electron chi connectivity index (χ4n) is 1.63. The smallest absolute Gasteiger partial charge is 0.192 e. The van der Waals surface area contributed by atoms with Gasteiger partial charge in [-0.05, 0) is 23.8 Å². The number of carbonyl (C=O) groups excluding carboxylic acids is 1. The Kier molecular flexibility index (Phi) is 2.22. The molecule has 1 aliphatic carbocycles. The molecule has 1 aromatic carbocycles. The van der Waals surface area contributed by atoms with Gasteiger partial charge in [-0.15, -0.1) is 0 Å². The molecule has 68 valence electrons. The Morgan fingerprint density at radius 2 is 2.31 bits per heavy atom. The lowest BCUT2D eigenvalue weighted by Gasteiger charge is -2.02. The molecule has 1 unspecified atom stereocenters. The van der Waals surface area contributed by atoms with Gasteiger partial charge in [0.1, 0.15) is 6.10 Å². The van der Waals surface area contributed by atoms with E-state index in [1.54, 1.807) is 7.11 Å². The average Bonchev–Trinajstić information content (AvgIpc) is 2.42. The highest BCUT2D eigenvalue weighted by Gasteiger charge is 2.29. The zero-order valence-electron chi connectivity index (χ0n) is 7.21. The third-order valence-electron chi connectivity index (χ3n) is 2.32. The molecule has 0 spiro atoms. The lowest BCUT2D eigenvalue weighted by atomic mass is 10.1. The number of rotatable bonds is 1. The van der Waals surface area contributed by atoms with Crippen LogP contribution in [0.3, 0.4) is 0 Å². The molecule has 0 heterocycles. The Bertz CT molecular complexity index is 360. The number of ketones is 1. The van der Waals surface area contributed by atoms with Crippen molar-refractivity contribution in [3.05, 3.63) is 33.8 Å². The highest BCUT2D eigenvalue weighted by molar-refractivity contribution is 9.10. The molecule has 1 aliphatic rings. The molecule has 2 nitrogen and oxygen atoms in total. The van der Waals surface area contributed by atoms with Crippen molar-refractivity contribution in [1.29, 1.82) is 0 Å². The minimum Gasteiger partial charge on any atom is -0.373 e. The van der Waals surface area contributed by atoms with E-state index in [4.69, 9.17) is 4.74 Å². The molecular weight excluding hydrogens is 232 g/mol. The highest BCUT2D eigenvalue weighted by Crippen LogP contribution is 2.26. The van der Waals surface area contributed by atoms with Gasteiger partial charge in [-0.2, -0.15) is 0 Å². The molecule has 0 radical (unpaired) electrons. The number of ether oxygens (including phenoxy) is 1. The minimum absolute atomic E-state index is 0.102. The average molecular weight is 241 g/mol. The Labute approximate surface area is 85.0 Å². The summed E-state index contributed by atoms with van der Waals surface area (Å²) in [5.74, 6) is 0.102. The molecule has 13 heavy (non-hydrogen) atoms. The summed E-state index contributed by atoms with van der Waals surface area (Å²) < 4.78 is 6.09. The molecule has 0 aliphatic heterocycles. The number of halogens is 1. The van der Waals surface area contributed by atoms with E-state index in [0.717, 1.165) is 15.6 Å². The molecule has 1 aromatic rings. The van der Waals surface area contributed by atoms with Crippen LogP contribution in [0.15, 0.2) is 22.7 Å². The molecule has 1 atom stereocenters. The first kappa shape index (κ1) is 8.91. The van der Waals surface area contributed by atoms with Crippen molar-refractivity contribution in [3.8, 4) is 0 Å². The third-order valence-corrected chi connectivity index (χ3v) is 2.81. The largest absolute Gasteiger partial charge is 0.373 e. The second-order valence-electron chi connectivity index (χ2n) is 3.09. The van der Waals surface area contributed by atoms with E-state index < -0.39 is 0 Å². The molecule has 3 heteroatoms. The van der Waals surface area contributed by atoms with Crippen LogP contribution in [0.5, 0.6) is 0 Å². The molecule has 0 bridgehead atoms. The molecule has 0 N–H and O–H groups in total. The summed E-state index contributed by atoms with van der Waals surface area (Å²) >= 11 is 3.37. The molecule has 0 aromatic heterocycles. The topological polar surface area (TPSA) is 26.3 Å². The Morgan fingerprint density at radius 3 is 3.00 bits per heavy atom. The van der Waals surface area contributed by atoms with Crippen molar-refractivity contribution in [2.24, 2.45) is 0 Å². The van der Waals surface area contributed by atoms with Crippen LogP contribution in [0.4, 0.5) is 0 Å². The summed E-state index contributed by atoms with van der Waals surface area (Å²) in [7, 11) is 1.57. The quantitative estimate of drug-likeness (QED) is 0.753. The van der Waals surface area contributed by atoms with Crippen LogP contribution >= 0.6 is 15.9 Å². The molecule has 0 saturated carbocycles. The van der Waals surface area contributed by atoms with Crippen LogP contribution in [0, 0.1) is 0 Å². The summed E-state index contributed by atoms with van der Waals surface area (Å²) in [6.07, 6.45) is 0.425. The Morgan fingerprint density at radius 1 is 1.54 bits per heavy atom. The van der Waals surface area contributed by atoms with Gasteiger partial charge in [0.25, 0.3) is 0 Å². The molecule has 2 rings (SSSR count). The monoisotopic (exact) mass is 240 g/mol. The lowest BCUT2D eigenvalue weighted by molar-refractivity contribution is 0.0646. The SMILES string of the molecule is COC1Cc2cc(Br)ccc2C1=O. The van der Waals surface area contributed by atoms with Gasteiger partial charge in [0, 0.05) is 23.6 Å². The standard InChI is InChI=1S/C10H9BrO2/c1-13-9-5-6-4-7(11)2-3-8(6)10(9)12/h2-4,9H,5H2,1H3. The lowest BCUT2D eigenvalue weighted by Crippen LogP contribution is -2.17. The molecular formula is C10H9BrO2. The van der Waals surface area contributed by atoms with E-state index in [0.29, 0.717) is 6.42 Å². The predicted molar refractivity (Wildman–Crippen MR) is 53.0 cm³/mol. The normalized spacial score (nSPS) is 20.5. The van der Waals surface area contributed by atoms with E-state index >= 15 is 0 Å². The van der Waals surface area contributed by atoms with Gasteiger partial charge in [0.15, 0.2) is 5.78 Å². The van der Waals surface area contributed by atoms with Crippen LogP contribution in [0.1, 0.15) is 15.9 Å². The maximum atomic E-state index is 11.6. The maximum absolute atomic E-state index is 11.6. The van der Waals surface area contributed by atoms with Gasteiger partial charge in [-0.25, -0.2) is 0 Å². The van der Waals surface area contributed by atoms with E-state index in [1.165, 1.54) is 0 Å². The second kappa shape index (κ2) is 3.24. The van der Waals surface area contributed by atoms with Gasteiger partial charge in [-0.3, -0.25) is 4.79 Å². The summed E-state index contributed by atoms with van der Waals surface area (Å²) in [6.45, 7) is 0. The number of fused-ring (bicyclic) bond motifs is 1. The Balaban J connectivity index is 2.44. The third kappa shape index (κ3) is 1.42. The van der Waals surface area contributed by atoms with Crippen LogP contribution in [0.2, 0.25) is 0 Å². The second-order valence-corrected chi connectivity index (χ2v) is 4.01. The van der Waals surface area contributed by atoms with Crippen molar-refractivity contribution >= 4 is 21.7 Å². The predicted octanol–water partition coefficient (Wildman–Crippen LogP) is 2.20. The fourth-order valence-corrected chi connectivity index (χ4v) is 2.04. The van der Waals surface area contributed by atoms with Crippen LogP contribution in [-0.2, 0) is 11.2 Å². The van der Waals surface area contributed by atoms with Crippen molar-refractivity contribution in [1.82, 2.24) is 0 Å². The van der Waals surface area contributed by atoms with Crippen LogP contribution in [-0.4, -0.2) is 19.0 Å². The molecule has 0 fully saturated rings. The fraction of sp³-hybridized carbons (Fsp3) is 0.300. The summed E-state index contributed by atoms with van der Waals surface area (Å²) in [5.41, 5.74) is 1.88. The van der Waals surface area contributed by atoms with E-state index in [1.807, 2.05) is 18.2 Å². The van der Waals surface area contributed by atoms with Crippen molar-refractivity contribution in [3.63, 3.8) is 0 Å². The number of methoxy groups -OCH3 is 1. The van der Waals surface area contributed by atoms with E-state index in [9.17, 15) is 4.79 Å². The van der Waals surface area contributed by atoms with Gasteiger partial charge < -0.3 is 4.74 Å². The van der Waals surface area contributed by atoms with E-state index in [-0.39, 0.29) is 11.9 Å². The van der Waals surface area contributed by atoms with Crippen LogP contribution in [0.25, 0.3) is 0 Å². The number of Topliss-reactive ketones (excluding diaryl/α,β-unsaturated/α-hetero) is 1. The first-order valence-corrected chi connectivity index (χ1v) is 4.87. The summed E-state index contributed by atoms with van der Waals surface area (Å²) in [5, 5.41) is 0.